The van der Waals surface area contributed by atoms with Gasteiger partial charge in [0, 0.05) is 23.5 Å². The highest BCUT2D eigenvalue weighted by atomic mass is 32.2. The van der Waals surface area contributed by atoms with E-state index < -0.39 is 11.6 Å². The molecule has 4 nitrogen and oxygen atoms in total. The predicted octanol–water partition coefficient (Wildman–Crippen LogP) is 7.49. The Morgan fingerprint density at radius 1 is 0.878 bits per heavy atom. The number of esters is 1. The number of hydrogen-bond donors (Lipinski definition) is 1. The molecule has 0 fully saturated rings. The van der Waals surface area contributed by atoms with Crippen molar-refractivity contribution in [3.8, 4) is 11.1 Å². The molecule has 0 unspecified atom stereocenters. The van der Waals surface area contributed by atoms with Crippen LogP contribution in [0.3, 0.4) is 0 Å². The van der Waals surface area contributed by atoms with Crippen LogP contribution in [0.1, 0.15) is 45.2 Å². The molecule has 2 aliphatic rings. The predicted molar refractivity (Wildman–Crippen MR) is 166 cm³/mol. The number of aromatic nitrogens is 1. The molecule has 0 saturated heterocycles. The number of nitrogens with one attached hydrogen (secondary N) is 1. The minimum atomic E-state index is -0.663. The summed E-state index contributed by atoms with van der Waals surface area (Å²) in [7, 11) is 0. The number of ether oxygens (including phenoxy) is 1. The smallest absolute Gasteiger partial charge is 0.328 e. The largest absolute Gasteiger partial charge is 0.459 e. The van der Waals surface area contributed by atoms with E-state index in [1.54, 1.807) is 0 Å². The number of H-pyrrole nitrogens is 1. The molecule has 7 rings (SSSR count). The molecular weight excluding hydrogens is 524 g/mol. The zero-order valence-electron chi connectivity index (χ0n) is 23.0. The Bertz CT molecular complexity index is 1650. The second-order valence-corrected chi connectivity index (χ2v) is 11.7. The Morgan fingerprint density at radius 3 is 2.15 bits per heavy atom. The lowest BCUT2D eigenvalue weighted by molar-refractivity contribution is -0.153. The van der Waals surface area contributed by atoms with Crippen LogP contribution >= 0.6 is 11.8 Å². The van der Waals surface area contributed by atoms with Crippen LogP contribution in [-0.4, -0.2) is 27.9 Å². The average molecular weight is 557 g/mol. The summed E-state index contributed by atoms with van der Waals surface area (Å²) >= 11 is 1.83. The van der Waals surface area contributed by atoms with E-state index in [0.717, 1.165) is 34.6 Å². The van der Waals surface area contributed by atoms with Gasteiger partial charge in [-0.3, -0.25) is 4.90 Å². The number of aromatic amines is 1. The van der Waals surface area contributed by atoms with Crippen LogP contribution in [0.2, 0.25) is 0 Å². The third-order valence-electron chi connectivity index (χ3n) is 8.49. The summed E-state index contributed by atoms with van der Waals surface area (Å²) in [6, 6.07) is 39.5. The van der Waals surface area contributed by atoms with Gasteiger partial charge < -0.3 is 9.72 Å². The summed E-state index contributed by atoms with van der Waals surface area (Å²) in [6.07, 6.45) is 3.07. The highest BCUT2D eigenvalue weighted by molar-refractivity contribution is 7.98. The van der Waals surface area contributed by atoms with Gasteiger partial charge >= 0.3 is 5.97 Å². The van der Waals surface area contributed by atoms with Crippen LogP contribution in [0.5, 0.6) is 0 Å². The standard InChI is InChI=1S/C36H32N2O2S/c1-41-21-20-27-22-30-33(37-27)23-38(34(30)35(39)40-24-25-12-4-2-5-13-25)36(26-14-6-3-7-15-26)31-18-10-8-16-28(31)29-17-9-11-19-32(29)36/h2-19,22,34,37H,20-21,23-24H2,1H3/t34-/m0/s1. The third kappa shape index (κ3) is 4.23. The molecule has 0 radical (unpaired) electrons. The maximum atomic E-state index is 14.3. The van der Waals surface area contributed by atoms with E-state index in [4.69, 9.17) is 4.74 Å². The lowest BCUT2D eigenvalue weighted by Crippen LogP contribution is -2.48. The summed E-state index contributed by atoms with van der Waals surface area (Å²) in [6.45, 7) is 0.853. The molecule has 5 aromatic rings. The number of carbonyl (C=O) groups is 1. The van der Waals surface area contributed by atoms with E-state index in [9.17, 15) is 4.79 Å². The molecule has 0 amide bonds. The fourth-order valence-corrected chi connectivity index (χ4v) is 7.20. The zero-order valence-corrected chi connectivity index (χ0v) is 23.9. The van der Waals surface area contributed by atoms with Crippen molar-refractivity contribution < 1.29 is 9.53 Å². The number of rotatable bonds is 8. The Morgan fingerprint density at radius 2 is 1.49 bits per heavy atom. The van der Waals surface area contributed by atoms with E-state index in [1.165, 1.54) is 27.9 Å². The van der Waals surface area contributed by atoms with Crippen molar-refractivity contribution in [3.05, 3.63) is 154 Å². The Kier molecular flexibility index (Phi) is 6.77. The molecule has 204 valence electrons. The first-order valence-electron chi connectivity index (χ1n) is 14.1. The van der Waals surface area contributed by atoms with Crippen LogP contribution < -0.4 is 0 Å². The summed E-state index contributed by atoms with van der Waals surface area (Å²) < 4.78 is 6.11. The van der Waals surface area contributed by atoms with Gasteiger partial charge in [0.15, 0.2) is 0 Å². The van der Waals surface area contributed by atoms with Gasteiger partial charge in [-0.25, -0.2) is 4.79 Å². The number of aryl methyl sites for hydroxylation is 1. The van der Waals surface area contributed by atoms with Crippen molar-refractivity contribution in [2.75, 3.05) is 12.0 Å². The quantitative estimate of drug-likeness (QED) is 0.201. The van der Waals surface area contributed by atoms with Gasteiger partial charge in [-0.2, -0.15) is 11.8 Å². The van der Waals surface area contributed by atoms with Crippen molar-refractivity contribution in [2.45, 2.75) is 31.2 Å². The first-order valence-corrected chi connectivity index (χ1v) is 15.5. The fraction of sp³-hybridized carbons (Fsp3) is 0.194. The van der Waals surface area contributed by atoms with E-state index in [2.05, 4.69) is 101 Å². The average Bonchev–Trinajstić information content (AvgIpc) is 3.68. The van der Waals surface area contributed by atoms with Gasteiger partial charge in [0.1, 0.15) is 12.6 Å². The molecule has 1 aliphatic heterocycles. The Hall–Kier alpha value is -4.06. The number of thioether (sulfide) groups is 1. The molecule has 0 spiro atoms. The van der Waals surface area contributed by atoms with Crippen LogP contribution in [0.4, 0.5) is 0 Å². The van der Waals surface area contributed by atoms with E-state index in [0.29, 0.717) is 6.54 Å². The summed E-state index contributed by atoms with van der Waals surface area (Å²) in [4.78, 5) is 20.4. The molecule has 0 saturated carbocycles. The van der Waals surface area contributed by atoms with Crippen LogP contribution in [0.25, 0.3) is 11.1 Å². The number of hydrogen-bond acceptors (Lipinski definition) is 4. The molecule has 0 bridgehead atoms. The minimum Gasteiger partial charge on any atom is -0.459 e. The van der Waals surface area contributed by atoms with Crippen LogP contribution in [0, 0.1) is 0 Å². The van der Waals surface area contributed by atoms with Gasteiger partial charge in [-0.05, 0) is 57.9 Å². The molecule has 2 heterocycles. The monoisotopic (exact) mass is 556 g/mol. The lowest BCUT2D eigenvalue weighted by atomic mass is 9.78. The molecule has 1 aromatic heterocycles. The minimum absolute atomic E-state index is 0.222. The van der Waals surface area contributed by atoms with E-state index >= 15 is 0 Å². The SMILES string of the molecule is CSCCc1cc2c([nH]1)CN(C1(c3ccccc3)c3ccccc3-c3ccccc31)[C@@H]2C(=O)OCc1ccccc1. The summed E-state index contributed by atoms with van der Waals surface area (Å²) in [5, 5.41) is 0. The summed E-state index contributed by atoms with van der Waals surface area (Å²) in [5.74, 6) is 0.807. The Labute approximate surface area is 245 Å². The molecule has 5 heteroatoms. The maximum Gasteiger partial charge on any atom is 0.328 e. The van der Waals surface area contributed by atoms with Crippen LogP contribution in [-0.2, 0) is 34.6 Å². The van der Waals surface area contributed by atoms with Crippen molar-refractivity contribution in [3.63, 3.8) is 0 Å². The van der Waals surface area contributed by atoms with E-state index in [1.807, 2.05) is 42.1 Å². The molecule has 1 N–H and O–H groups in total. The van der Waals surface area contributed by atoms with Crippen molar-refractivity contribution in [1.29, 1.82) is 0 Å². The van der Waals surface area contributed by atoms with Crippen molar-refractivity contribution in [1.82, 2.24) is 9.88 Å². The topological polar surface area (TPSA) is 45.3 Å². The first kappa shape index (κ1) is 25.9. The van der Waals surface area contributed by atoms with Gasteiger partial charge in [-0.15, -0.1) is 0 Å². The zero-order chi connectivity index (χ0) is 27.8. The number of carbonyl (C=O) groups excluding carboxylic acids is 1. The second-order valence-electron chi connectivity index (χ2n) is 10.8. The van der Waals surface area contributed by atoms with Crippen molar-refractivity contribution in [2.24, 2.45) is 0 Å². The van der Waals surface area contributed by atoms with Gasteiger partial charge in [0.05, 0.1) is 5.54 Å². The van der Waals surface area contributed by atoms with Gasteiger partial charge in [0.25, 0.3) is 0 Å². The first-order chi connectivity index (χ1) is 20.2. The van der Waals surface area contributed by atoms with Crippen molar-refractivity contribution >= 4 is 17.7 Å². The number of benzene rings is 4. The lowest BCUT2D eigenvalue weighted by Gasteiger charge is -2.44. The molecule has 1 aliphatic carbocycles. The molecule has 1 atom stereocenters. The van der Waals surface area contributed by atoms with Crippen LogP contribution in [0.15, 0.2) is 115 Å². The molecule has 4 aromatic carbocycles. The summed E-state index contributed by atoms with van der Waals surface area (Å²) in [5.41, 5.74) is 9.56. The number of fused-ring (bicyclic) bond motifs is 4. The molecular formula is C36H32N2O2S. The third-order valence-corrected chi connectivity index (χ3v) is 9.11. The second kappa shape index (κ2) is 10.7. The highest BCUT2D eigenvalue weighted by Gasteiger charge is 2.55. The molecule has 41 heavy (non-hydrogen) atoms. The highest BCUT2D eigenvalue weighted by Crippen LogP contribution is 2.58. The number of nitrogens with zero attached hydrogens (tertiary/aromatic N) is 1. The van der Waals surface area contributed by atoms with Gasteiger partial charge in [-0.1, -0.05) is 109 Å². The normalized spacial score (nSPS) is 16.7. The Balaban J connectivity index is 1.40. The fourth-order valence-electron chi connectivity index (χ4n) is 6.78. The maximum absolute atomic E-state index is 14.3. The van der Waals surface area contributed by atoms with Gasteiger partial charge in [0.2, 0.25) is 0 Å². The van der Waals surface area contributed by atoms with E-state index in [-0.39, 0.29) is 12.6 Å².